The predicted molar refractivity (Wildman–Crippen MR) is 75.3 cm³/mol. The number of hydrogen-bond donors (Lipinski definition) is 0. The van der Waals surface area contributed by atoms with E-state index in [1.165, 1.54) is 11.3 Å². The number of fused-ring (bicyclic) bond motifs is 1. The van der Waals surface area contributed by atoms with Crippen molar-refractivity contribution >= 4 is 28.0 Å². The predicted octanol–water partition coefficient (Wildman–Crippen LogP) is 3.46. The molecule has 4 heteroatoms. The van der Waals surface area contributed by atoms with E-state index in [-0.39, 0.29) is 5.78 Å². The van der Waals surface area contributed by atoms with E-state index in [2.05, 4.69) is 6.07 Å². The van der Waals surface area contributed by atoms with Crippen LogP contribution in [-0.4, -0.2) is 10.4 Å². The van der Waals surface area contributed by atoms with Gasteiger partial charge in [0.1, 0.15) is 0 Å². The molecule has 0 radical (unpaired) electrons. The molecule has 92 valence electrons. The number of nitriles is 1. The van der Waals surface area contributed by atoms with Crippen LogP contribution in [0.1, 0.15) is 15.2 Å². The summed E-state index contributed by atoms with van der Waals surface area (Å²) in [7, 11) is 0. The molecule has 2 aromatic heterocycles. The highest BCUT2D eigenvalue weighted by atomic mass is 32.1. The SMILES string of the molecule is N#Cc1ccc2ccn(CC(=O)c3cccs3)c2c1. The van der Waals surface area contributed by atoms with Crippen LogP contribution < -0.4 is 0 Å². The minimum absolute atomic E-state index is 0.0925. The molecule has 0 aliphatic heterocycles. The minimum atomic E-state index is 0.0925. The Bertz CT molecular complexity index is 778. The Morgan fingerprint density at radius 2 is 2.21 bits per heavy atom. The lowest BCUT2D eigenvalue weighted by atomic mass is 10.2. The van der Waals surface area contributed by atoms with Crippen molar-refractivity contribution in [3.8, 4) is 6.07 Å². The molecule has 0 saturated carbocycles. The summed E-state index contributed by atoms with van der Waals surface area (Å²) in [5.74, 6) is 0.0925. The molecule has 0 aliphatic rings. The van der Waals surface area contributed by atoms with Crippen LogP contribution in [0, 0.1) is 11.3 Å². The number of hydrogen-bond acceptors (Lipinski definition) is 3. The average Bonchev–Trinajstić information content (AvgIpc) is 3.08. The lowest BCUT2D eigenvalue weighted by Crippen LogP contribution is -2.07. The first-order valence-corrected chi connectivity index (χ1v) is 6.71. The number of ketones is 1. The van der Waals surface area contributed by atoms with E-state index in [0.29, 0.717) is 12.1 Å². The molecule has 3 rings (SSSR count). The summed E-state index contributed by atoms with van der Waals surface area (Å²) in [6, 6.07) is 13.3. The van der Waals surface area contributed by atoms with Crippen LogP contribution >= 0.6 is 11.3 Å². The number of aromatic nitrogens is 1. The molecule has 2 heterocycles. The maximum absolute atomic E-state index is 12.1. The summed E-state index contributed by atoms with van der Waals surface area (Å²) in [6.45, 7) is 0.304. The molecule has 3 aromatic rings. The van der Waals surface area contributed by atoms with Gasteiger partial charge in [0.2, 0.25) is 0 Å². The first-order chi connectivity index (χ1) is 9.28. The monoisotopic (exact) mass is 266 g/mol. The summed E-state index contributed by atoms with van der Waals surface area (Å²) in [5.41, 5.74) is 1.53. The highest BCUT2D eigenvalue weighted by Crippen LogP contribution is 2.19. The molecule has 0 amide bonds. The number of thiophene rings is 1. The standard InChI is InChI=1S/C15H10N2OS/c16-9-11-3-4-12-5-6-17(13(12)8-11)10-14(18)15-2-1-7-19-15/h1-8H,10H2. The van der Waals surface area contributed by atoms with Gasteiger partial charge in [-0.3, -0.25) is 4.79 Å². The second-order valence-electron chi connectivity index (χ2n) is 4.23. The maximum atomic E-state index is 12.1. The van der Waals surface area contributed by atoms with E-state index in [9.17, 15) is 4.79 Å². The first kappa shape index (κ1) is 11.7. The highest BCUT2D eigenvalue weighted by molar-refractivity contribution is 7.12. The number of carbonyl (C=O) groups is 1. The minimum Gasteiger partial charge on any atom is -0.340 e. The van der Waals surface area contributed by atoms with Crippen LogP contribution in [0.3, 0.4) is 0 Å². The number of rotatable bonds is 3. The molecule has 3 nitrogen and oxygen atoms in total. The fourth-order valence-electron chi connectivity index (χ4n) is 2.06. The summed E-state index contributed by atoms with van der Waals surface area (Å²) in [6.07, 6.45) is 1.89. The number of Topliss-reactive ketones (excluding diaryl/α,β-unsaturated/α-hetero) is 1. The van der Waals surface area contributed by atoms with Crippen molar-refractivity contribution in [1.29, 1.82) is 5.26 Å². The quantitative estimate of drug-likeness (QED) is 0.681. The molecule has 0 atom stereocenters. The molecule has 0 fully saturated rings. The van der Waals surface area contributed by atoms with Crippen LogP contribution in [0.15, 0.2) is 48.0 Å². The zero-order chi connectivity index (χ0) is 13.2. The number of benzene rings is 1. The van der Waals surface area contributed by atoms with E-state index < -0.39 is 0 Å². The summed E-state index contributed by atoms with van der Waals surface area (Å²) >= 11 is 1.45. The van der Waals surface area contributed by atoms with Gasteiger partial charge >= 0.3 is 0 Å². The van der Waals surface area contributed by atoms with E-state index in [1.807, 2.05) is 46.5 Å². The Kier molecular flexibility index (Phi) is 2.90. The molecule has 0 spiro atoms. The maximum Gasteiger partial charge on any atom is 0.192 e. The zero-order valence-corrected chi connectivity index (χ0v) is 10.9. The van der Waals surface area contributed by atoms with Gasteiger partial charge in [-0.1, -0.05) is 12.1 Å². The van der Waals surface area contributed by atoms with Crippen LogP contribution in [0.4, 0.5) is 0 Å². The lowest BCUT2D eigenvalue weighted by Gasteiger charge is -2.03. The van der Waals surface area contributed by atoms with E-state index in [4.69, 9.17) is 5.26 Å². The Morgan fingerprint density at radius 3 is 2.95 bits per heavy atom. The third kappa shape index (κ3) is 2.16. The van der Waals surface area contributed by atoms with Crippen LogP contribution in [0.25, 0.3) is 10.9 Å². The Labute approximate surface area is 114 Å². The second kappa shape index (κ2) is 4.71. The van der Waals surface area contributed by atoms with Crippen molar-refractivity contribution in [3.63, 3.8) is 0 Å². The van der Waals surface area contributed by atoms with E-state index >= 15 is 0 Å². The van der Waals surface area contributed by atoms with Crippen LogP contribution in [0.5, 0.6) is 0 Å². The fraction of sp³-hybridized carbons (Fsp3) is 0.0667. The van der Waals surface area contributed by atoms with E-state index in [1.54, 1.807) is 6.07 Å². The first-order valence-electron chi connectivity index (χ1n) is 5.83. The molecule has 0 N–H and O–H groups in total. The van der Waals surface area contributed by atoms with Gasteiger partial charge in [-0.15, -0.1) is 11.3 Å². The zero-order valence-electron chi connectivity index (χ0n) is 10.0. The Morgan fingerprint density at radius 1 is 1.32 bits per heavy atom. The van der Waals surface area contributed by atoms with Crippen molar-refractivity contribution < 1.29 is 4.79 Å². The number of carbonyl (C=O) groups excluding carboxylic acids is 1. The third-order valence-corrected chi connectivity index (χ3v) is 3.92. The summed E-state index contributed by atoms with van der Waals surface area (Å²) < 4.78 is 1.89. The van der Waals surface area contributed by atoms with Crippen molar-refractivity contribution in [2.24, 2.45) is 0 Å². The smallest absolute Gasteiger partial charge is 0.192 e. The number of nitrogens with zero attached hydrogens (tertiary/aromatic N) is 2. The molecule has 0 aliphatic carbocycles. The average molecular weight is 266 g/mol. The van der Waals surface area contributed by atoms with Gasteiger partial charge in [0, 0.05) is 11.7 Å². The molecule has 19 heavy (non-hydrogen) atoms. The van der Waals surface area contributed by atoms with Crippen molar-refractivity contribution in [2.75, 3.05) is 0 Å². The molecular formula is C15H10N2OS. The van der Waals surface area contributed by atoms with Crippen LogP contribution in [-0.2, 0) is 6.54 Å². The Hall–Kier alpha value is -2.38. The van der Waals surface area contributed by atoms with Gasteiger partial charge in [0.15, 0.2) is 5.78 Å². The van der Waals surface area contributed by atoms with Gasteiger partial charge in [-0.25, -0.2) is 0 Å². The van der Waals surface area contributed by atoms with Gasteiger partial charge < -0.3 is 4.57 Å². The Balaban J connectivity index is 1.97. The third-order valence-electron chi connectivity index (χ3n) is 3.01. The molecule has 0 saturated heterocycles. The highest BCUT2D eigenvalue weighted by Gasteiger charge is 2.10. The van der Waals surface area contributed by atoms with Crippen molar-refractivity contribution in [2.45, 2.75) is 6.54 Å². The lowest BCUT2D eigenvalue weighted by molar-refractivity contribution is 0.0977. The molecule has 0 unspecified atom stereocenters. The second-order valence-corrected chi connectivity index (χ2v) is 5.18. The normalized spacial score (nSPS) is 10.5. The molecular weight excluding hydrogens is 256 g/mol. The van der Waals surface area contributed by atoms with Crippen molar-refractivity contribution in [1.82, 2.24) is 4.57 Å². The molecule has 1 aromatic carbocycles. The largest absolute Gasteiger partial charge is 0.340 e. The summed E-state index contributed by atoms with van der Waals surface area (Å²) in [4.78, 5) is 12.9. The van der Waals surface area contributed by atoms with Gasteiger partial charge in [0.25, 0.3) is 0 Å². The fourth-order valence-corrected chi connectivity index (χ4v) is 2.72. The topological polar surface area (TPSA) is 45.8 Å². The van der Waals surface area contributed by atoms with Gasteiger partial charge in [-0.2, -0.15) is 5.26 Å². The van der Waals surface area contributed by atoms with Gasteiger partial charge in [-0.05, 0) is 35.0 Å². The van der Waals surface area contributed by atoms with E-state index in [0.717, 1.165) is 15.8 Å². The van der Waals surface area contributed by atoms with Crippen LogP contribution in [0.2, 0.25) is 0 Å². The molecule has 0 bridgehead atoms. The van der Waals surface area contributed by atoms with Crippen molar-refractivity contribution in [3.05, 3.63) is 58.4 Å². The van der Waals surface area contributed by atoms with Gasteiger partial charge in [0.05, 0.1) is 23.1 Å². The summed E-state index contributed by atoms with van der Waals surface area (Å²) in [5, 5.41) is 11.9.